The second-order valence-corrected chi connectivity index (χ2v) is 4.08. The van der Waals surface area contributed by atoms with Gasteiger partial charge in [0.25, 0.3) is 0 Å². The molecular weight excluding hydrogens is 202 g/mol. The van der Waals surface area contributed by atoms with Crippen molar-refractivity contribution in [3.8, 4) is 0 Å². The molecule has 0 spiro atoms. The largest absolute Gasteiger partial charge is 0.368 e. The second-order valence-electron chi connectivity index (χ2n) is 4.08. The molecule has 2 aromatic rings. The average Bonchev–Trinajstić information content (AvgIpc) is 2.58. The van der Waals surface area contributed by atoms with Crippen LogP contribution in [0.4, 0.5) is 5.82 Å². The second kappa shape index (κ2) is 4.49. The van der Waals surface area contributed by atoms with Gasteiger partial charge in [0, 0.05) is 25.0 Å². The van der Waals surface area contributed by atoms with Crippen LogP contribution >= 0.6 is 0 Å². The van der Waals surface area contributed by atoms with E-state index in [9.17, 15) is 0 Å². The van der Waals surface area contributed by atoms with Gasteiger partial charge in [0.05, 0.1) is 5.69 Å². The van der Waals surface area contributed by atoms with Crippen molar-refractivity contribution in [2.24, 2.45) is 5.73 Å². The molecule has 1 atom stereocenters. The van der Waals surface area contributed by atoms with Crippen molar-refractivity contribution >= 4 is 11.3 Å². The Morgan fingerprint density at radius 3 is 3.12 bits per heavy atom. The molecular formula is C11H17N5. The van der Waals surface area contributed by atoms with Gasteiger partial charge in [-0.2, -0.15) is 5.10 Å². The van der Waals surface area contributed by atoms with Crippen LogP contribution in [-0.2, 0) is 0 Å². The number of nitrogens with zero attached hydrogens (tertiary/aromatic N) is 3. The van der Waals surface area contributed by atoms with Gasteiger partial charge in [-0.3, -0.25) is 0 Å². The van der Waals surface area contributed by atoms with Crippen molar-refractivity contribution < 1.29 is 0 Å². The minimum atomic E-state index is 0.207. The van der Waals surface area contributed by atoms with Crippen LogP contribution in [0.1, 0.15) is 19.0 Å². The van der Waals surface area contributed by atoms with E-state index in [2.05, 4.69) is 15.4 Å². The van der Waals surface area contributed by atoms with Crippen LogP contribution in [-0.4, -0.2) is 27.2 Å². The molecule has 5 heteroatoms. The summed E-state index contributed by atoms with van der Waals surface area (Å²) in [5.74, 6) is 0.865. The Kier molecular flexibility index (Phi) is 3.05. The molecule has 0 bridgehead atoms. The Morgan fingerprint density at radius 1 is 1.56 bits per heavy atom. The summed E-state index contributed by atoms with van der Waals surface area (Å²) in [5, 5.41) is 7.61. The van der Waals surface area contributed by atoms with Crippen molar-refractivity contribution in [3.05, 3.63) is 24.2 Å². The lowest BCUT2D eigenvalue weighted by Crippen LogP contribution is -2.19. The third-order valence-corrected chi connectivity index (χ3v) is 2.40. The Hall–Kier alpha value is -1.62. The standard InChI is InChI=1S/C11H17N5/c1-8(12)3-4-13-11-10-7-9(2)15-16(10)6-5-14-11/h5-8H,3-4,12H2,1-2H3,(H,13,14). The van der Waals surface area contributed by atoms with E-state index in [1.54, 1.807) is 6.20 Å². The van der Waals surface area contributed by atoms with Crippen molar-refractivity contribution in [1.29, 1.82) is 0 Å². The first-order valence-electron chi connectivity index (χ1n) is 5.47. The van der Waals surface area contributed by atoms with Crippen molar-refractivity contribution in [1.82, 2.24) is 14.6 Å². The van der Waals surface area contributed by atoms with Crippen LogP contribution in [0.2, 0.25) is 0 Å². The third kappa shape index (κ3) is 2.30. The van der Waals surface area contributed by atoms with Crippen LogP contribution in [0, 0.1) is 6.92 Å². The Labute approximate surface area is 94.7 Å². The van der Waals surface area contributed by atoms with Gasteiger partial charge in [0.2, 0.25) is 0 Å². The molecule has 0 saturated carbocycles. The molecule has 1 unspecified atom stereocenters. The maximum Gasteiger partial charge on any atom is 0.152 e. The predicted molar refractivity (Wildman–Crippen MR) is 64.5 cm³/mol. The summed E-state index contributed by atoms with van der Waals surface area (Å²) in [6.07, 6.45) is 4.52. The molecule has 0 saturated heterocycles. The van der Waals surface area contributed by atoms with Gasteiger partial charge in [-0.1, -0.05) is 0 Å². The summed E-state index contributed by atoms with van der Waals surface area (Å²) in [7, 11) is 0. The highest BCUT2D eigenvalue weighted by Crippen LogP contribution is 2.14. The summed E-state index contributed by atoms with van der Waals surface area (Å²) in [5.41, 5.74) is 7.69. The molecule has 0 aromatic carbocycles. The lowest BCUT2D eigenvalue weighted by atomic mass is 10.2. The van der Waals surface area contributed by atoms with Crippen LogP contribution in [0.25, 0.3) is 5.52 Å². The molecule has 3 N–H and O–H groups in total. The van der Waals surface area contributed by atoms with Gasteiger partial charge >= 0.3 is 0 Å². The zero-order chi connectivity index (χ0) is 11.5. The van der Waals surface area contributed by atoms with Gasteiger partial charge in [0.15, 0.2) is 5.82 Å². The Bertz CT molecular complexity index is 474. The molecule has 2 heterocycles. The molecule has 0 amide bonds. The summed E-state index contributed by atoms with van der Waals surface area (Å²) < 4.78 is 1.83. The van der Waals surface area contributed by atoms with Crippen LogP contribution < -0.4 is 11.1 Å². The number of anilines is 1. The smallest absolute Gasteiger partial charge is 0.152 e. The fourth-order valence-corrected chi connectivity index (χ4v) is 1.60. The van der Waals surface area contributed by atoms with Gasteiger partial charge in [0.1, 0.15) is 5.52 Å². The van der Waals surface area contributed by atoms with Gasteiger partial charge in [-0.15, -0.1) is 0 Å². The molecule has 0 radical (unpaired) electrons. The van der Waals surface area contributed by atoms with E-state index in [4.69, 9.17) is 5.73 Å². The zero-order valence-electron chi connectivity index (χ0n) is 9.64. The Balaban J connectivity index is 2.17. The van der Waals surface area contributed by atoms with Crippen LogP contribution in [0.5, 0.6) is 0 Å². The monoisotopic (exact) mass is 219 g/mol. The lowest BCUT2D eigenvalue weighted by Gasteiger charge is -2.08. The number of aryl methyl sites for hydroxylation is 1. The third-order valence-electron chi connectivity index (χ3n) is 2.40. The fraction of sp³-hybridized carbons (Fsp3) is 0.455. The highest BCUT2D eigenvalue weighted by atomic mass is 15.2. The van der Waals surface area contributed by atoms with E-state index in [1.165, 1.54) is 0 Å². The number of nitrogens with one attached hydrogen (secondary N) is 1. The maximum atomic E-state index is 5.70. The maximum absolute atomic E-state index is 5.70. The summed E-state index contributed by atoms with van der Waals surface area (Å²) in [6.45, 7) is 4.80. The van der Waals surface area contributed by atoms with E-state index in [0.29, 0.717) is 0 Å². The first kappa shape index (κ1) is 10.9. The first-order valence-corrected chi connectivity index (χ1v) is 5.47. The molecule has 2 aromatic heterocycles. The molecule has 2 rings (SSSR count). The lowest BCUT2D eigenvalue weighted by molar-refractivity contribution is 0.689. The number of aromatic nitrogens is 3. The topological polar surface area (TPSA) is 68.2 Å². The molecule has 16 heavy (non-hydrogen) atoms. The minimum Gasteiger partial charge on any atom is -0.368 e. The highest BCUT2D eigenvalue weighted by Gasteiger charge is 2.04. The summed E-state index contributed by atoms with van der Waals surface area (Å²) >= 11 is 0. The van der Waals surface area contributed by atoms with Gasteiger partial charge < -0.3 is 11.1 Å². The highest BCUT2D eigenvalue weighted by molar-refractivity contribution is 5.67. The minimum absolute atomic E-state index is 0.207. The molecule has 0 aliphatic rings. The van der Waals surface area contributed by atoms with Gasteiger partial charge in [-0.05, 0) is 26.3 Å². The fourth-order valence-electron chi connectivity index (χ4n) is 1.60. The van der Waals surface area contributed by atoms with E-state index in [1.807, 2.05) is 30.6 Å². The van der Waals surface area contributed by atoms with E-state index >= 15 is 0 Å². The molecule has 86 valence electrons. The van der Waals surface area contributed by atoms with E-state index < -0.39 is 0 Å². The predicted octanol–water partition coefficient (Wildman–Crippen LogP) is 1.19. The first-order chi connectivity index (χ1) is 7.66. The zero-order valence-corrected chi connectivity index (χ0v) is 9.64. The summed E-state index contributed by atoms with van der Waals surface area (Å²) in [4.78, 5) is 4.30. The number of rotatable bonds is 4. The van der Waals surface area contributed by atoms with Crippen LogP contribution in [0.15, 0.2) is 18.5 Å². The van der Waals surface area contributed by atoms with E-state index in [-0.39, 0.29) is 6.04 Å². The molecule has 0 aliphatic heterocycles. The Morgan fingerprint density at radius 2 is 2.38 bits per heavy atom. The molecule has 5 nitrogen and oxygen atoms in total. The normalized spacial score (nSPS) is 12.9. The quantitative estimate of drug-likeness (QED) is 0.810. The van der Waals surface area contributed by atoms with E-state index in [0.717, 1.165) is 30.0 Å². The van der Waals surface area contributed by atoms with Crippen molar-refractivity contribution in [2.75, 3.05) is 11.9 Å². The number of fused-ring (bicyclic) bond motifs is 1. The number of hydrogen-bond donors (Lipinski definition) is 2. The summed E-state index contributed by atoms with van der Waals surface area (Å²) in [6, 6.07) is 2.22. The van der Waals surface area contributed by atoms with Crippen molar-refractivity contribution in [3.63, 3.8) is 0 Å². The number of hydrogen-bond acceptors (Lipinski definition) is 4. The van der Waals surface area contributed by atoms with Crippen molar-refractivity contribution in [2.45, 2.75) is 26.3 Å². The molecule has 0 fully saturated rings. The van der Waals surface area contributed by atoms with Crippen LogP contribution in [0.3, 0.4) is 0 Å². The number of nitrogens with two attached hydrogens (primary N) is 1. The molecule has 0 aliphatic carbocycles. The SMILES string of the molecule is Cc1cc2c(NCCC(C)N)nccn2n1. The van der Waals surface area contributed by atoms with Gasteiger partial charge in [-0.25, -0.2) is 9.50 Å². The average molecular weight is 219 g/mol.